The lowest BCUT2D eigenvalue weighted by atomic mass is 10.1. The Morgan fingerprint density at radius 3 is 1.88 bits per heavy atom. The fourth-order valence-electron chi connectivity index (χ4n) is 3.22. The highest BCUT2D eigenvalue weighted by Crippen LogP contribution is 2.24. The van der Waals surface area contributed by atoms with Crippen LogP contribution in [0.25, 0.3) is 0 Å². The van der Waals surface area contributed by atoms with Crippen molar-refractivity contribution in [3.63, 3.8) is 0 Å². The number of halogens is 2. The second kappa shape index (κ2) is 12.2. The first-order valence-corrected chi connectivity index (χ1v) is 10.5. The summed E-state index contributed by atoms with van der Waals surface area (Å²) in [6, 6.07) is 5.84. The number of unbranched alkanes of at least 4 members (excludes halogenated alkanes) is 9. The zero-order valence-electron chi connectivity index (χ0n) is 15.9. The topological polar surface area (TPSA) is 0 Å². The molecule has 0 fully saturated rings. The van der Waals surface area contributed by atoms with Crippen molar-refractivity contribution in [2.24, 2.45) is 0 Å². The van der Waals surface area contributed by atoms with Crippen molar-refractivity contribution in [2.75, 3.05) is 20.6 Å². The van der Waals surface area contributed by atoms with Crippen LogP contribution in [-0.4, -0.2) is 25.1 Å². The van der Waals surface area contributed by atoms with Gasteiger partial charge in [0.15, 0.2) is 0 Å². The summed E-state index contributed by atoms with van der Waals surface area (Å²) < 4.78 is 0.984. The number of quaternary nitrogens is 1. The molecule has 1 aromatic rings. The molecule has 0 heterocycles. The molecule has 0 N–H and O–H groups in total. The lowest BCUT2D eigenvalue weighted by Gasteiger charge is -2.30. The van der Waals surface area contributed by atoms with Crippen molar-refractivity contribution >= 4 is 23.2 Å². The molecule has 1 nitrogen and oxygen atoms in total. The maximum atomic E-state index is 6.31. The van der Waals surface area contributed by atoms with Gasteiger partial charge in [0.05, 0.1) is 25.7 Å². The van der Waals surface area contributed by atoms with Gasteiger partial charge in [0.2, 0.25) is 0 Å². The molecule has 0 saturated carbocycles. The van der Waals surface area contributed by atoms with Crippen LogP contribution in [0.1, 0.15) is 76.7 Å². The standard InChI is InChI=1S/C21H36Cl2N/c1-4-5-6-7-8-9-10-11-12-13-16-24(2,3)18-19-14-15-20(22)17-21(19)23/h14-15,17H,4-13,16,18H2,1-3H3/q+1. The number of rotatable bonds is 13. The van der Waals surface area contributed by atoms with E-state index in [-0.39, 0.29) is 0 Å². The first kappa shape index (κ1) is 21.8. The monoisotopic (exact) mass is 372 g/mol. The van der Waals surface area contributed by atoms with Crippen LogP contribution in [0.4, 0.5) is 0 Å². The van der Waals surface area contributed by atoms with Gasteiger partial charge in [0.25, 0.3) is 0 Å². The molecule has 3 heteroatoms. The van der Waals surface area contributed by atoms with Crippen LogP contribution < -0.4 is 0 Å². The average molecular weight is 373 g/mol. The highest BCUT2D eigenvalue weighted by atomic mass is 35.5. The maximum absolute atomic E-state index is 6.31. The highest BCUT2D eigenvalue weighted by Gasteiger charge is 2.17. The molecule has 0 radical (unpaired) electrons. The molecule has 0 unspecified atom stereocenters. The molecule has 0 aliphatic rings. The number of nitrogens with zero attached hydrogens (tertiary/aromatic N) is 1. The van der Waals surface area contributed by atoms with E-state index in [1.54, 1.807) is 0 Å². The van der Waals surface area contributed by atoms with Gasteiger partial charge in [-0.3, -0.25) is 0 Å². The lowest BCUT2D eigenvalue weighted by molar-refractivity contribution is -0.903. The van der Waals surface area contributed by atoms with Gasteiger partial charge in [0, 0.05) is 10.6 Å². The minimum atomic E-state index is 0.712. The van der Waals surface area contributed by atoms with Crippen molar-refractivity contribution in [1.29, 1.82) is 0 Å². The molecule has 0 spiro atoms. The summed E-state index contributed by atoms with van der Waals surface area (Å²) in [5, 5.41) is 1.50. The van der Waals surface area contributed by atoms with E-state index < -0.39 is 0 Å². The SMILES string of the molecule is CCCCCCCCCCCC[N+](C)(C)Cc1ccc(Cl)cc1Cl. The molecule has 0 aromatic heterocycles. The highest BCUT2D eigenvalue weighted by molar-refractivity contribution is 6.35. The second-order valence-electron chi connectivity index (χ2n) is 7.74. The van der Waals surface area contributed by atoms with E-state index in [1.807, 2.05) is 12.1 Å². The Balaban J connectivity index is 2.12. The summed E-state index contributed by atoms with van der Waals surface area (Å²) in [4.78, 5) is 0. The molecule has 1 rings (SSSR count). The molecular weight excluding hydrogens is 337 g/mol. The molecule has 0 amide bonds. The summed E-state index contributed by atoms with van der Waals surface area (Å²) in [5.41, 5.74) is 1.19. The Labute approximate surface area is 159 Å². The molecule has 0 aliphatic heterocycles. The average Bonchev–Trinajstić information content (AvgIpc) is 2.52. The fraction of sp³-hybridized carbons (Fsp3) is 0.714. The summed E-state index contributed by atoms with van der Waals surface area (Å²) in [6.07, 6.45) is 13.9. The molecular formula is C21H36Cl2N+. The summed E-state index contributed by atoms with van der Waals surface area (Å²) in [5.74, 6) is 0. The Morgan fingerprint density at radius 2 is 1.33 bits per heavy atom. The summed E-state index contributed by atoms with van der Waals surface area (Å²) in [6.45, 7) is 4.45. The lowest BCUT2D eigenvalue weighted by Crippen LogP contribution is -2.39. The molecule has 0 bridgehead atoms. The van der Waals surface area contributed by atoms with E-state index in [4.69, 9.17) is 23.2 Å². The summed E-state index contributed by atoms with van der Waals surface area (Å²) in [7, 11) is 4.58. The van der Waals surface area contributed by atoms with Crippen LogP contribution in [0.3, 0.4) is 0 Å². The molecule has 1 aromatic carbocycles. The van der Waals surface area contributed by atoms with Crippen LogP contribution in [0.2, 0.25) is 10.0 Å². The molecule has 0 atom stereocenters. The van der Waals surface area contributed by atoms with Gasteiger partial charge in [-0.1, -0.05) is 87.6 Å². The first-order chi connectivity index (χ1) is 11.4. The van der Waals surface area contributed by atoms with Crippen molar-refractivity contribution in [2.45, 2.75) is 77.7 Å². The van der Waals surface area contributed by atoms with E-state index in [0.29, 0.717) is 5.02 Å². The molecule has 24 heavy (non-hydrogen) atoms. The van der Waals surface area contributed by atoms with Crippen LogP contribution in [0.5, 0.6) is 0 Å². The van der Waals surface area contributed by atoms with Crippen molar-refractivity contribution in [3.8, 4) is 0 Å². The minimum Gasteiger partial charge on any atom is -0.325 e. The predicted octanol–water partition coefficient (Wildman–Crippen LogP) is 7.49. The van der Waals surface area contributed by atoms with Crippen molar-refractivity contribution in [1.82, 2.24) is 0 Å². The molecule has 0 saturated heterocycles. The Morgan fingerprint density at radius 1 is 0.792 bits per heavy atom. The minimum absolute atomic E-state index is 0.712. The van der Waals surface area contributed by atoms with Gasteiger partial charge in [-0.2, -0.15) is 0 Å². The second-order valence-corrected chi connectivity index (χ2v) is 8.58. The van der Waals surface area contributed by atoms with Gasteiger partial charge in [-0.25, -0.2) is 0 Å². The normalized spacial score (nSPS) is 11.9. The van der Waals surface area contributed by atoms with E-state index in [2.05, 4.69) is 27.1 Å². The molecule has 0 aliphatic carbocycles. The Hall–Kier alpha value is -0.240. The largest absolute Gasteiger partial charge is 0.325 e. The first-order valence-electron chi connectivity index (χ1n) is 9.70. The van der Waals surface area contributed by atoms with Crippen LogP contribution in [0.15, 0.2) is 18.2 Å². The third kappa shape index (κ3) is 9.91. The van der Waals surface area contributed by atoms with Crippen LogP contribution in [-0.2, 0) is 6.54 Å². The van der Waals surface area contributed by atoms with E-state index in [1.165, 1.54) is 76.3 Å². The van der Waals surface area contributed by atoms with Crippen molar-refractivity contribution in [3.05, 3.63) is 33.8 Å². The quantitative estimate of drug-likeness (QED) is 0.248. The van der Waals surface area contributed by atoms with Gasteiger partial charge in [0.1, 0.15) is 6.54 Å². The van der Waals surface area contributed by atoms with Gasteiger partial charge < -0.3 is 4.48 Å². The van der Waals surface area contributed by atoms with Gasteiger partial charge in [-0.15, -0.1) is 0 Å². The maximum Gasteiger partial charge on any atom is 0.105 e. The third-order valence-electron chi connectivity index (χ3n) is 4.73. The predicted molar refractivity (Wildman–Crippen MR) is 109 cm³/mol. The van der Waals surface area contributed by atoms with E-state index in [9.17, 15) is 0 Å². The molecule has 138 valence electrons. The Bertz CT molecular complexity index is 457. The van der Waals surface area contributed by atoms with Gasteiger partial charge >= 0.3 is 0 Å². The zero-order chi connectivity index (χ0) is 17.8. The fourth-order valence-corrected chi connectivity index (χ4v) is 3.69. The summed E-state index contributed by atoms with van der Waals surface area (Å²) >= 11 is 12.3. The number of benzene rings is 1. The smallest absolute Gasteiger partial charge is 0.105 e. The van der Waals surface area contributed by atoms with E-state index >= 15 is 0 Å². The number of hydrogen-bond donors (Lipinski definition) is 0. The van der Waals surface area contributed by atoms with E-state index in [0.717, 1.165) is 16.1 Å². The number of hydrogen-bond acceptors (Lipinski definition) is 0. The van der Waals surface area contributed by atoms with Gasteiger partial charge in [-0.05, 0) is 25.0 Å². The Kier molecular flexibility index (Phi) is 11.1. The third-order valence-corrected chi connectivity index (χ3v) is 5.32. The zero-order valence-corrected chi connectivity index (χ0v) is 17.4. The van der Waals surface area contributed by atoms with Crippen LogP contribution >= 0.6 is 23.2 Å². The van der Waals surface area contributed by atoms with Crippen molar-refractivity contribution < 1.29 is 4.48 Å². The van der Waals surface area contributed by atoms with Crippen LogP contribution in [0, 0.1) is 0 Å².